The van der Waals surface area contributed by atoms with Crippen molar-refractivity contribution in [1.82, 2.24) is 4.57 Å². The smallest absolute Gasteiger partial charge is 0.0841 e. The summed E-state index contributed by atoms with van der Waals surface area (Å²) in [7, 11) is 0. The van der Waals surface area contributed by atoms with Gasteiger partial charge in [-0.1, -0.05) is 41.6 Å². The molecular formula is C17H12ClN. The summed E-state index contributed by atoms with van der Waals surface area (Å²) in [5, 5.41) is 1.98. The van der Waals surface area contributed by atoms with E-state index in [1.807, 2.05) is 36.4 Å². The fourth-order valence-electron chi connectivity index (χ4n) is 2.04. The zero-order valence-electron chi connectivity index (χ0n) is 10.3. The highest BCUT2D eigenvalue weighted by Crippen LogP contribution is 2.14. The van der Waals surface area contributed by atoms with E-state index in [1.54, 1.807) is 0 Å². The summed E-state index contributed by atoms with van der Waals surface area (Å²) in [6.07, 6.45) is 2.07. The van der Waals surface area contributed by atoms with Crippen molar-refractivity contribution in [3.8, 4) is 11.8 Å². The van der Waals surface area contributed by atoms with Crippen LogP contribution in [0.5, 0.6) is 0 Å². The Morgan fingerprint density at radius 2 is 1.74 bits per heavy atom. The Bertz CT molecular complexity index is 757. The third-order valence-corrected chi connectivity index (χ3v) is 3.26. The quantitative estimate of drug-likeness (QED) is 0.577. The van der Waals surface area contributed by atoms with Crippen molar-refractivity contribution in [3.63, 3.8) is 0 Å². The van der Waals surface area contributed by atoms with Gasteiger partial charge in [0.2, 0.25) is 0 Å². The van der Waals surface area contributed by atoms with E-state index in [0.29, 0.717) is 6.54 Å². The summed E-state index contributed by atoms with van der Waals surface area (Å²) in [6, 6.07) is 18.0. The van der Waals surface area contributed by atoms with Crippen LogP contribution in [0.1, 0.15) is 5.56 Å². The summed E-state index contributed by atoms with van der Waals surface area (Å²) < 4.78 is 2.15. The summed E-state index contributed by atoms with van der Waals surface area (Å²) in [6.45, 7) is 0.691. The van der Waals surface area contributed by atoms with Gasteiger partial charge in [-0.05, 0) is 41.8 Å². The number of nitrogens with zero attached hydrogens (tertiary/aromatic N) is 1. The molecule has 2 aromatic carbocycles. The molecule has 0 fully saturated rings. The van der Waals surface area contributed by atoms with Crippen LogP contribution in [0.2, 0.25) is 5.02 Å². The van der Waals surface area contributed by atoms with Crippen molar-refractivity contribution in [2.24, 2.45) is 0 Å². The largest absolute Gasteiger partial charge is 0.336 e. The monoisotopic (exact) mass is 265 g/mol. The molecule has 2 heteroatoms. The first-order chi connectivity index (χ1) is 9.33. The molecule has 3 aromatic rings. The van der Waals surface area contributed by atoms with Crippen LogP contribution in [0.4, 0.5) is 0 Å². The van der Waals surface area contributed by atoms with Gasteiger partial charge in [0.25, 0.3) is 0 Å². The maximum absolute atomic E-state index is 5.84. The van der Waals surface area contributed by atoms with E-state index in [-0.39, 0.29) is 0 Å². The second-order valence-electron chi connectivity index (χ2n) is 4.31. The van der Waals surface area contributed by atoms with E-state index >= 15 is 0 Å². The molecule has 0 saturated carbocycles. The minimum atomic E-state index is 0.691. The molecule has 1 nitrogen and oxygen atoms in total. The minimum Gasteiger partial charge on any atom is -0.336 e. The summed E-state index contributed by atoms with van der Waals surface area (Å²) in [5.74, 6) is 6.33. The Balaban J connectivity index is 1.81. The highest BCUT2D eigenvalue weighted by atomic mass is 35.5. The van der Waals surface area contributed by atoms with E-state index in [0.717, 1.165) is 10.6 Å². The number of aromatic nitrogens is 1. The standard InChI is InChI=1S/C17H12ClN/c18-16-9-7-14(8-10-16)4-3-12-19-13-11-15-5-1-2-6-17(15)19/h1-2,5-11,13H,12H2. The molecule has 1 heterocycles. The molecule has 0 saturated heterocycles. The maximum Gasteiger partial charge on any atom is 0.0841 e. The van der Waals surface area contributed by atoms with Crippen molar-refractivity contribution in [3.05, 3.63) is 71.4 Å². The van der Waals surface area contributed by atoms with Crippen LogP contribution < -0.4 is 0 Å². The summed E-state index contributed by atoms with van der Waals surface area (Å²) in [5.41, 5.74) is 2.20. The van der Waals surface area contributed by atoms with E-state index in [1.165, 1.54) is 10.9 Å². The van der Waals surface area contributed by atoms with Gasteiger partial charge in [-0.2, -0.15) is 0 Å². The molecule has 3 rings (SSSR count). The molecule has 0 aliphatic rings. The lowest BCUT2D eigenvalue weighted by atomic mass is 10.2. The molecule has 0 aliphatic heterocycles. The van der Waals surface area contributed by atoms with Crippen LogP contribution >= 0.6 is 11.6 Å². The van der Waals surface area contributed by atoms with Gasteiger partial charge in [0.1, 0.15) is 0 Å². The topological polar surface area (TPSA) is 4.93 Å². The van der Waals surface area contributed by atoms with Crippen LogP contribution in [0, 0.1) is 11.8 Å². The lowest BCUT2D eigenvalue weighted by Gasteiger charge is -1.98. The van der Waals surface area contributed by atoms with Crippen molar-refractivity contribution in [2.45, 2.75) is 6.54 Å². The van der Waals surface area contributed by atoms with E-state index < -0.39 is 0 Å². The fraction of sp³-hybridized carbons (Fsp3) is 0.0588. The Kier molecular flexibility index (Phi) is 3.27. The van der Waals surface area contributed by atoms with E-state index in [2.05, 4.69) is 40.8 Å². The predicted molar refractivity (Wildman–Crippen MR) is 80.3 cm³/mol. The Hall–Kier alpha value is -2.17. The molecule has 0 atom stereocenters. The summed E-state index contributed by atoms with van der Waals surface area (Å²) in [4.78, 5) is 0. The van der Waals surface area contributed by atoms with E-state index in [4.69, 9.17) is 11.6 Å². The van der Waals surface area contributed by atoms with Crippen molar-refractivity contribution in [2.75, 3.05) is 0 Å². The molecule has 19 heavy (non-hydrogen) atoms. The molecule has 0 radical (unpaired) electrons. The second kappa shape index (κ2) is 5.22. The molecule has 0 unspecified atom stereocenters. The van der Waals surface area contributed by atoms with Crippen molar-refractivity contribution < 1.29 is 0 Å². The summed E-state index contributed by atoms with van der Waals surface area (Å²) >= 11 is 5.84. The van der Waals surface area contributed by atoms with Crippen molar-refractivity contribution in [1.29, 1.82) is 0 Å². The molecule has 0 spiro atoms. The first kappa shape index (κ1) is 11.9. The normalized spacial score (nSPS) is 10.2. The number of benzene rings is 2. The van der Waals surface area contributed by atoms with Crippen LogP contribution in [0.3, 0.4) is 0 Å². The SMILES string of the molecule is Clc1ccc(C#CCn2ccc3ccccc32)cc1. The van der Waals surface area contributed by atoms with Crippen molar-refractivity contribution >= 4 is 22.5 Å². The molecule has 92 valence electrons. The first-order valence-corrected chi connectivity index (χ1v) is 6.49. The van der Waals surface area contributed by atoms with Crippen LogP contribution in [-0.2, 0) is 6.54 Å². The Morgan fingerprint density at radius 1 is 0.947 bits per heavy atom. The number of halogens is 1. The third kappa shape index (κ3) is 2.65. The van der Waals surface area contributed by atoms with Gasteiger partial charge >= 0.3 is 0 Å². The van der Waals surface area contributed by atoms with Gasteiger partial charge in [0.15, 0.2) is 0 Å². The van der Waals surface area contributed by atoms with Gasteiger partial charge in [-0.25, -0.2) is 0 Å². The number of hydrogen-bond donors (Lipinski definition) is 0. The number of hydrogen-bond acceptors (Lipinski definition) is 0. The average molecular weight is 266 g/mol. The number of rotatable bonds is 1. The van der Waals surface area contributed by atoms with Crippen LogP contribution in [0.25, 0.3) is 10.9 Å². The van der Waals surface area contributed by atoms with Gasteiger partial charge in [0, 0.05) is 22.3 Å². The predicted octanol–water partition coefficient (Wildman–Crippen LogP) is 4.35. The van der Waals surface area contributed by atoms with Crippen LogP contribution in [0.15, 0.2) is 60.8 Å². The maximum atomic E-state index is 5.84. The molecule has 0 N–H and O–H groups in total. The second-order valence-corrected chi connectivity index (χ2v) is 4.75. The van der Waals surface area contributed by atoms with E-state index in [9.17, 15) is 0 Å². The number of para-hydroxylation sites is 1. The highest BCUT2D eigenvalue weighted by molar-refractivity contribution is 6.30. The number of fused-ring (bicyclic) bond motifs is 1. The Labute approximate surface area is 117 Å². The molecule has 0 bridgehead atoms. The lowest BCUT2D eigenvalue weighted by Crippen LogP contribution is -1.92. The zero-order valence-corrected chi connectivity index (χ0v) is 11.1. The zero-order chi connectivity index (χ0) is 13.1. The molecule has 1 aromatic heterocycles. The van der Waals surface area contributed by atoms with Gasteiger partial charge in [-0.3, -0.25) is 0 Å². The third-order valence-electron chi connectivity index (χ3n) is 3.01. The molecular weight excluding hydrogens is 254 g/mol. The average Bonchev–Trinajstić information content (AvgIpc) is 2.85. The lowest BCUT2D eigenvalue weighted by molar-refractivity contribution is 0.886. The molecule has 0 aliphatic carbocycles. The van der Waals surface area contributed by atoms with Gasteiger partial charge in [-0.15, -0.1) is 0 Å². The van der Waals surface area contributed by atoms with Crippen LogP contribution in [-0.4, -0.2) is 4.57 Å². The fourth-order valence-corrected chi connectivity index (χ4v) is 2.16. The molecule has 0 amide bonds. The first-order valence-electron chi connectivity index (χ1n) is 6.11. The van der Waals surface area contributed by atoms with Gasteiger partial charge < -0.3 is 4.57 Å². The highest BCUT2D eigenvalue weighted by Gasteiger charge is 1.97. The Morgan fingerprint density at radius 3 is 2.58 bits per heavy atom. The minimum absolute atomic E-state index is 0.691. The van der Waals surface area contributed by atoms with Gasteiger partial charge in [0.05, 0.1) is 6.54 Å².